The van der Waals surface area contributed by atoms with Crippen LogP contribution < -0.4 is 10.1 Å². The highest BCUT2D eigenvalue weighted by molar-refractivity contribution is 7.12. The lowest BCUT2D eigenvalue weighted by Crippen LogP contribution is -2.33. The lowest BCUT2D eigenvalue weighted by atomic mass is 9.97. The fourth-order valence-electron chi connectivity index (χ4n) is 1.69. The van der Waals surface area contributed by atoms with Crippen molar-refractivity contribution in [1.82, 2.24) is 5.32 Å². The first kappa shape index (κ1) is 15.5. The number of amides is 1. The van der Waals surface area contributed by atoms with E-state index < -0.39 is 11.9 Å². The van der Waals surface area contributed by atoms with Crippen LogP contribution in [0.5, 0.6) is 5.75 Å². The van der Waals surface area contributed by atoms with Crippen molar-refractivity contribution >= 4 is 23.2 Å². The molecule has 6 heteroatoms. The van der Waals surface area contributed by atoms with E-state index in [1.165, 1.54) is 18.4 Å². The zero-order valence-corrected chi connectivity index (χ0v) is 12.1. The normalized spacial score (nSPS) is 12.2. The summed E-state index contributed by atoms with van der Waals surface area (Å²) in [6, 6.07) is 1.64. The van der Waals surface area contributed by atoms with Gasteiger partial charge in [-0.25, -0.2) is 0 Å². The number of ether oxygens (including phenoxy) is 1. The van der Waals surface area contributed by atoms with Crippen LogP contribution in [-0.2, 0) is 4.79 Å². The van der Waals surface area contributed by atoms with Crippen molar-refractivity contribution in [1.29, 1.82) is 0 Å². The van der Waals surface area contributed by atoms with Crippen molar-refractivity contribution < 1.29 is 19.4 Å². The maximum atomic E-state index is 11.8. The van der Waals surface area contributed by atoms with E-state index in [0.717, 1.165) is 0 Å². The molecule has 0 aliphatic heterocycles. The highest BCUT2D eigenvalue weighted by atomic mass is 32.1. The number of hydrogen-bond acceptors (Lipinski definition) is 4. The van der Waals surface area contributed by atoms with Gasteiger partial charge in [0, 0.05) is 18.0 Å². The second kappa shape index (κ2) is 7.13. The first-order chi connectivity index (χ1) is 8.93. The number of rotatable bonds is 7. The van der Waals surface area contributed by atoms with Crippen LogP contribution in [0.2, 0.25) is 0 Å². The lowest BCUT2D eigenvalue weighted by molar-refractivity contribution is -0.142. The molecule has 1 heterocycles. The van der Waals surface area contributed by atoms with Gasteiger partial charge in [0.1, 0.15) is 5.75 Å². The van der Waals surface area contributed by atoms with Crippen LogP contribution in [0.3, 0.4) is 0 Å². The van der Waals surface area contributed by atoms with E-state index in [9.17, 15) is 9.59 Å². The van der Waals surface area contributed by atoms with Crippen LogP contribution in [-0.4, -0.2) is 30.6 Å². The van der Waals surface area contributed by atoms with Crippen LogP contribution in [0.4, 0.5) is 0 Å². The Labute approximate surface area is 116 Å². The summed E-state index contributed by atoms with van der Waals surface area (Å²) in [5, 5.41) is 13.5. The zero-order valence-electron chi connectivity index (χ0n) is 11.3. The Morgan fingerprint density at radius 3 is 2.63 bits per heavy atom. The molecule has 1 rings (SSSR count). The average molecular weight is 285 g/mol. The number of aliphatic carboxylic acids is 1. The molecular formula is C13H19NO4S. The van der Waals surface area contributed by atoms with Crippen LogP contribution in [0, 0.1) is 11.8 Å². The number of nitrogens with one attached hydrogen (secondary N) is 1. The maximum Gasteiger partial charge on any atom is 0.308 e. The molecule has 0 bridgehead atoms. The fraction of sp³-hybridized carbons (Fsp3) is 0.538. The van der Waals surface area contributed by atoms with Gasteiger partial charge in [-0.15, -0.1) is 11.3 Å². The second-order valence-corrected chi connectivity index (χ2v) is 5.64. The van der Waals surface area contributed by atoms with Crippen molar-refractivity contribution in [3.05, 3.63) is 16.3 Å². The van der Waals surface area contributed by atoms with E-state index in [4.69, 9.17) is 9.84 Å². The molecule has 5 nitrogen and oxygen atoms in total. The summed E-state index contributed by atoms with van der Waals surface area (Å²) in [7, 11) is 1.53. The van der Waals surface area contributed by atoms with Gasteiger partial charge in [-0.05, 0) is 12.3 Å². The Balaban J connectivity index is 2.54. The molecule has 1 atom stereocenters. The SMILES string of the molecule is COc1csc(C(=O)NCC(CC(C)C)C(=O)O)c1. The van der Waals surface area contributed by atoms with E-state index in [-0.39, 0.29) is 18.4 Å². The average Bonchev–Trinajstić information content (AvgIpc) is 2.82. The quantitative estimate of drug-likeness (QED) is 0.805. The summed E-state index contributed by atoms with van der Waals surface area (Å²) in [4.78, 5) is 23.4. The van der Waals surface area contributed by atoms with Gasteiger partial charge in [0.2, 0.25) is 0 Å². The van der Waals surface area contributed by atoms with Crippen molar-refractivity contribution in [2.24, 2.45) is 11.8 Å². The summed E-state index contributed by atoms with van der Waals surface area (Å²) >= 11 is 1.27. The van der Waals surface area contributed by atoms with Crippen molar-refractivity contribution in [2.75, 3.05) is 13.7 Å². The third-order valence-electron chi connectivity index (χ3n) is 2.65. The van der Waals surface area contributed by atoms with Crippen LogP contribution in [0.25, 0.3) is 0 Å². The van der Waals surface area contributed by atoms with Crippen LogP contribution in [0.1, 0.15) is 29.9 Å². The molecule has 0 spiro atoms. The molecule has 0 radical (unpaired) electrons. The molecule has 0 fully saturated rings. The lowest BCUT2D eigenvalue weighted by Gasteiger charge is -2.14. The van der Waals surface area contributed by atoms with Gasteiger partial charge in [-0.1, -0.05) is 13.8 Å². The van der Waals surface area contributed by atoms with E-state index in [1.54, 1.807) is 11.4 Å². The molecule has 1 aromatic heterocycles. The molecule has 19 heavy (non-hydrogen) atoms. The number of hydrogen-bond donors (Lipinski definition) is 2. The minimum Gasteiger partial charge on any atom is -0.496 e. The second-order valence-electron chi connectivity index (χ2n) is 4.73. The molecule has 2 N–H and O–H groups in total. The van der Waals surface area contributed by atoms with Crippen LogP contribution >= 0.6 is 11.3 Å². The van der Waals surface area contributed by atoms with Gasteiger partial charge >= 0.3 is 5.97 Å². The zero-order chi connectivity index (χ0) is 14.4. The number of thiophene rings is 1. The molecular weight excluding hydrogens is 266 g/mol. The van der Waals surface area contributed by atoms with Crippen molar-refractivity contribution in [3.8, 4) is 5.75 Å². The summed E-state index contributed by atoms with van der Waals surface area (Å²) in [5.74, 6) is -0.779. The van der Waals surface area contributed by atoms with Gasteiger partial charge in [-0.3, -0.25) is 9.59 Å². The summed E-state index contributed by atoms with van der Waals surface area (Å²) in [6.07, 6.45) is 0.545. The van der Waals surface area contributed by atoms with Crippen molar-refractivity contribution in [3.63, 3.8) is 0 Å². The number of carboxylic acid groups (broad SMARTS) is 1. The standard InChI is InChI=1S/C13H19NO4S/c1-8(2)4-9(13(16)17)6-14-12(15)11-5-10(18-3)7-19-11/h5,7-9H,4,6H2,1-3H3,(H,14,15)(H,16,17). The Hall–Kier alpha value is -1.56. The topological polar surface area (TPSA) is 75.6 Å². The summed E-state index contributed by atoms with van der Waals surface area (Å²) < 4.78 is 5.00. The molecule has 0 aliphatic carbocycles. The highest BCUT2D eigenvalue weighted by Crippen LogP contribution is 2.21. The monoisotopic (exact) mass is 285 g/mol. The van der Waals surface area contributed by atoms with Gasteiger partial charge in [0.25, 0.3) is 5.91 Å². The number of carbonyl (C=O) groups is 2. The van der Waals surface area contributed by atoms with Crippen molar-refractivity contribution in [2.45, 2.75) is 20.3 Å². The summed E-state index contributed by atoms with van der Waals surface area (Å²) in [5.41, 5.74) is 0. The number of carbonyl (C=O) groups excluding carboxylic acids is 1. The van der Waals surface area contributed by atoms with Gasteiger partial charge in [0.05, 0.1) is 17.9 Å². The molecule has 106 valence electrons. The molecule has 1 unspecified atom stereocenters. The Kier molecular flexibility index (Phi) is 5.82. The third kappa shape index (κ3) is 4.90. The first-order valence-electron chi connectivity index (χ1n) is 6.07. The number of carboxylic acids is 1. The molecule has 0 saturated carbocycles. The Morgan fingerprint density at radius 1 is 1.47 bits per heavy atom. The Bertz CT molecular complexity index is 442. The molecule has 0 saturated heterocycles. The van der Waals surface area contributed by atoms with Crippen LogP contribution in [0.15, 0.2) is 11.4 Å². The van der Waals surface area contributed by atoms with Gasteiger partial charge < -0.3 is 15.2 Å². The number of methoxy groups -OCH3 is 1. The van der Waals surface area contributed by atoms with E-state index in [1.807, 2.05) is 13.8 Å². The first-order valence-corrected chi connectivity index (χ1v) is 6.95. The van der Waals surface area contributed by atoms with E-state index in [0.29, 0.717) is 17.0 Å². The fourth-order valence-corrected chi connectivity index (χ4v) is 2.46. The minimum atomic E-state index is -0.877. The Morgan fingerprint density at radius 2 is 2.16 bits per heavy atom. The predicted molar refractivity (Wildman–Crippen MR) is 73.8 cm³/mol. The predicted octanol–water partition coefficient (Wildman–Crippen LogP) is 2.23. The smallest absolute Gasteiger partial charge is 0.308 e. The van der Waals surface area contributed by atoms with E-state index >= 15 is 0 Å². The van der Waals surface area contributed by atoms with E-state index in [2.05, 4.69) is 5.32 Å². The highest BCUT2D eigenvalue weighted by Gasteiger charge is 2.20. The third-order valence-corrected chi connectivity index (χ3v) is 3.56. The molecule has 0 aromatic carbocycles. The summed E-state index contributed by atoms with van der Waals surface area (Å²) in [6.45, 7) is 4.07. The minimum absolute atomic E-state index is 0.145. The molecule has 0 aliphatic rings. The largest absolute Gasteiger partial charge is 0.496 e. The molecule has 1 aromatic rings. The maximum absolute atomic E-state index is 11.8. The van der Waals surface area contributed by atoms with Gasteiger partial charge in [-0.2, -0.15) is 0 Å². The molecule has 1 amide bonds. The van der Waals surface area contributed by atoms with Gasteiger partial charge in [0.15, 0.2) is 0 Å².